The zero-order chi connectivity index (χ0) is 26.1. The summed E-state index contributed by atoms with van der Waals surface area (Å²) in [6, 6.07) is 13.6. The number of fused-ring (bicyclic) bond motifs is 1. The van der Waals surface area contributed by atoms with Crippen molar-refractivity contribution in [2.75, 3.05) is 20.2 Å². The summed E-state index contributed by atoms with van der Waals surface area (Å²) < 4.78 is 35.4. The van der Waals surface area contributed by atoms with Gasteiger partial charge in [-0.1, -0.05) is 50.2 Å². The lowest BCUT2D eigenvalue weighted by atomic mass is 10.2. The molecular formula is C26H33N3O5S2. The molecule has 8 nitrogen and oxygen atoms in total. The third-order valence-electron chi connectivity index (χ3n) is 5.81. The fraction of sp³-hybridized carbons (Fsp3) is 0.423. The summed E-state index contributed by atoms with van der Waals surface area (Å²) in [6.45, 7) is 5.35. The molecule has 0 atom stereocenters. The number of para-hydroxylation sites is 1. The highest BCUT2D eigenvalue weighted by Gasteiger charge is 2.23. The standard InChI is InChI=1S/C26H33N3O5S2/c1-4-6-17-28(18-7-5-2)36(32,33)21-14-12-20(13-15-21)25(31)27-26-29(19-16-24(30)34-3)22-10-8-9-11-23(22)35-26/h8-15H,4-7,16-19H2,1-3H3. The summed E-state index contributed by atoms with van der Waals surface area (Å²) in [4.78, 5) is 29.6. The number of aromatic nitrogens is 1. The molecule has 1 aromatic heterocycles. The quantitative estimate of drug-likeness (QED) is 0.318. The minimum atomic E-state index is -3.64. The van der Waals surface area contributed by atoms with Gasteiger partial charge in [-0.2, -0.15) is 9.30 Å². The van der Waals surface area contributed by atoms with E-state index >= 15 is 0 Å². The Kier molecular flexibility index (Phi) is 9.98. The second kappa shape index (κ2) is 12.9. The number of carbonyl (C=O) groups is 2. The van der Waals surface area contributed by atoms with Gasteiger partial charge in [0.2, 0.25) is 10.0 Å². The highest BCUT2D eigenvalue weighted by molar-refractivity contribution is 7.89. The number of hydrogen-bond donors (Lipinski definition) is 0. The summed E-state index contributed by atoms with van der Waals surface area (Å²) >= 11 is 1.35. The zero-order valence-corrected chi connectivity index (χ0v) is 22.6. The van der Waals surface area contributed by atoms with Crippen molar-refractivity contribution >= 4 is 43.5 Å². The van der Waals surface area contributed by atoms with Crippen LogP contribution < -0.4 is 4.80 Å². The Labute approximate surface area is 216 Å². The molecule has 36 heavy (non-hydrogen) atoms. The van der Waals surface area contributed by atoms with Crippen LogP contribution in [0.3, 0.4) is 0 Å². The molecule has 1 amide bonds. The van der Waals surface area contributed by atoms with Crippen molar-refractivity contribution in [1.29, 1.82) is 0 Å². The first-order chi connectivity index (χ1) is 17.3. The molecule has 0 aliphatic rings. The van der Waals surface area contributed by atoms with Gasteiger partial charge < -0.3 is 9.30 Å². The monoisotopic (exact) mass is 531 g/mol. The van der Waals surface area contributed by atoms with E-state index in [9.17, 15) is 18.0 Å². The number of thiazole rings is 1. The molecule has 0 N–H and O–H groups in total. The Bertz CT molecular complexity index is 1350. The number of hydrogen-bond acceptors (Lipinski definition) is 6. The molecule has 0 saturated heterocycles. The highest BCUT2D eigenvalue weighted by Crippen LogP contribution is 2.20. The van der Waals surface area contributed by atoms with Gasteiger partial charge >= 0.3 is 5.97 Å². The van der Waals surface area contributed by atoms with E-state index in [0.29, 0.717) is 30.0 Å². The van der Waals surface area contributed by atoms with Gasteiger partial charge in [-0.3, -0.25) is 9.59 Å². The Morgan fingerprint density at radius 3 is 2.25 bits per heavy atom. The number of carbonyl (C=O) groups excluding carboxylic acids is 2. The predicted octanol–water partition coefficient (Wildman–Crippen LogP) is 4.60. The number of benzene rings is 2. The van der Waals surface area contributed by atoms with Crippen LogP contribution in [-0.2, 0) is 26.1 Å². The summed E-state index contributed by atoms with van der Waals surface area (Å²) in [7, 11) is -2.31. The van der Waals surface area contributed by atoms with Crippen molar-refractivity contribution in [2.45, 2.75) is 57.4 Å². The Morgan fingerprint density at radius 1 is 1.00 bits per heavy atom. The maximum Gasteiger partial charge on any atom is 0.307 e. The molecule has 0 unspecified atom stereocenters. The number of ether oxygens (including phenoxy) is 1. The van der Waals surface area contributed by atoms with E-state index < -0.39 is 15.9 Å². The van der Waals surface area contributed by atoms with Gasteiger partial charge in [0.25, 0.3) is 5.91 Å². The zero-order valence-electron chi connectivity index (χ0n) is 21.0. The van der Waals surface area contributed by atoms with E-state index in [1.54, 1.807) is 0 Å². The van der Waals surface area contributed by atoms with Crippen LogP contribution in [0.5, 0.6) is 0 Å². The average Bonchev–Trinajstić information content (AvgIpc) is 3.23. The molecule has 0 spiro atoms. The number of rotatable bonds is 12. The molecule has 0 aliphatic heterocycles. The van der Waals surface area contributed by atoms with E-state index in [1.807, 2.05) is 42.7 Å². The normalized spacial score (nSPS) is 12.4. The molecule has 0 fully saturated rings. The van der Waals surface area contributed by atoms with Crippen LogP contribution >= 0.6 is 11.3 Å². The summed E-state index contributed by atoms with van der Waals surface area (Å²) in [6.07, 6.45) is 3.56. The second-order valence-electron chi connectivity index (χ2n) is 8.38. The van der Waals surface area contributed by atoms with Crippen LogP contribution in [0.15, 0.2) is 58.4 Å². The maximum atomic E-state index is 13.2. The van der Waals surface area contributed by atoms with Gasteiger partial charge in [0.15, 0.2) is 4.80 Å². The van der Waals surface area contributed by atoms with Crippen molar-refractivity contribution in [3.63, 3.8) is 0 Å². The fourth-order valence-corrected chi connectivity index (χ4v) is 6.29. The molecule has 2 aromatic carbocycles. The van der Waals surface area contributed by atoms with E-state index in [2.05, 4.69) is 4.99 Å². The smallest absolute Gasteiger partial charge is 0.307 e. The Morgan fingerprint density at radius 2 is 1.64 bits per heavy atom. The van der Waals surface area contributed by atoms with E-state index in [4.69, 9.17) is 4.74 Å². The van der Waals surface area contributed by atoms with Crippen LogP contribution in [0, 0.1) is 0 Å². The van der Waals surface area contributed by atoms with Gasteiger partial charge in [-0.15, -0.1) is 0 Å². The van der Waals surface area contributed by atoms with Crippen LogP contribution in [0.25, 0.3) is 10.2 Å². The summed E-state index contributed by atoms with van der Waals surface area (Å²) in [5, 5.41) is 0. The molecule has 3 aromatic rings. The van der Waals surface area contributed by atoms with Crippen LogP contribution in [0.4, 0.5) is 0 Å². The number of methoxy groups -OCH3 is 1. The van der Waals surface area contributed by atoms with Crippen molar-refractivity contribution in [3.05, 3.63) is 58.9 Å². The lowest BCUT2D eigenvalue weighted by Crippen LogP contribution is -2.33. The molecule has 0 bridgehead atoms. The molecule has 0 aliphatic carbocycles. The lowest BCUT2D eigenvalue weighted by Gasteiger charge is -2.22. The molecule has 1 heterocycles. The minimum Gasteiger partial charge on any atom is -0.469 e. The van der Waals surface area contributed by atoms with Crippen LogP contribution in [-0.4, -0.2) is 49.4 Å². The van der Waals surface area contributed by atoms with E-state index in [0.717, 1.165) is 35.9 Å². The molecule has 0 saturated carbocycles. The van der Waals surface area contributed by atoms with Crippen molar-refractivity contribution in [2.24, 2.45) is 4.99 Å². The van der Waals surface area contributed by atoms with Crippen LogP contribution in [0.2, 0.25) is 0 Å². The van der Waals surface area contributed by atoms with Gasteiger partial charge in [0.1, 0.15) is 0 Å². The SMILES string of the molecule is CCCCN(CCCC)S(=O)(=O)c1ccc(C(=O)N=c2sc3ccccc3n2CCC(=O)OC)cc1. The van der Waals surface area contributed by atoms with Crippen LogP contribution in [0.1, 0.15) is 56.3 Å². The number of sulfonamides is 1. The number of nitrogens with zero attached hydrogens (tertiary/aromatic N) is 3. The third kappa shape index (κ3) is 6.68. The Balaban J connectivity index is 1.89. The number of esters is 1. The molecule has 3 rings (SSSR count). The highest BCUT2D eigenvalue weighted by atomic mass is 32.2. The third-order valence-corrected chi connectivity index (χ3v) is 8.79. The molecule has 194 valence electrons. The Hall–Kier alpha value is -2.82. The number of aryl methyl sites for hydroxylation is 1. The minimum absolute atomic E-state index is 0.151. The van der Waals surface area contributed by atoms with Gasteiger partial charge in [0.05, 0.1) is 28.6 Å². The predicted molar refractivity (Wildman–Crippen MR) is 141 cm³/mol. The van der Waals surface area contributed by atoms with Gasteiger partial charge in [-0.05, 0) is 49.2 Å². The topological polar surface area (TPSA) is 98.0 Å². The molecule has 10 heteroatoms. The first kappa shape index (κ1) is 27.8. The van der Waals surface area contributed by atoms with E-state index in [-0.39, 0.29) is 17.3 Å². The average molecular weight is 532 g/mol. The summed E-state index contributed by atoms with van der Waals surface area (Å²) in [5.74, 6) is -0.829. The first-order valence-electron chi connectivity index (χ1n) is 12.2. The summed E-state index contributed by atoms with van der Waals surface area (Å²) in [5.41, 5.74) is 1.17. The first-order valence-corrected chi connectivity index (χ1v) is 14.4. The number of unbranched alkanes of at least 4 members (excludes halogenated alkanes) is 2. The van der Waals surface area contributed by atoms with Crippen molar-refractivity contribution in [1.82, 2.24) is 8.87 Å². The maximum absolute atomic E-state index is 13.2. The number of amides is 1. The molecular weight excluding hydrogens is 498 g/mol. The van der Waals surface area contributed by atoms with E-state index in [1.165, 1.54) is 47.0 Å². The van der Waals surface area contributed by atoms with Crippen molar-refractivity contribution in [3.8, 4) is 0 Å². The fourth-order valence-electron chi connectivity index (χ4n) is 3.72. The molecule has 0 radical (unpaired) electrons. The van der Waals surface area contributed by atoms with Gasteiger partial charge in [0, 0.05) is 25.2 Å². The second-order valence-corrected chi connectivity index (χ2v) is 11.3. The van der Waals surface area contributed by atoms with Crippen molar-refractivity contribution < 1.29 is 22.7 Å². The largest absolute Gasteiger partial charge is 0.469 e. The van der Waals surface area contributed by atoms with Gasteiger partial charge in [-0.25, -0.2) is 8.42 Å². The lowest BCUT2D eigenvalue weighted by molar-refractivity contribution is -0.140.